The van der Waals surface area contributed by atoms with Gasteiger partial charge in [-0.05, 0) is 57.9 Å². The van der Waals surface area contributed by atoms with Gasteiger partial charge in [0.25, 0.3) is 0 Å². The molecule has 2 nitrogen and oxygen atoms in total. The van der Waals surface area contributed by atoms with Gasteiger partial charge in [-0.3, -0.25) is 0 Å². The first kappa shape index (κ1) is 16.0. The predicted molar refractivity (Wildman–Crippen MR) is 81.0 cm³/mol. The molecule has 2 heteroatoms. The molecular formula is C16H34N2. The molecule has 1 aliphatic rings. The van der Waals surface area contributed by atoms with Crippen LogP contribution < -0.4 is 5.32 Å². The molecule has 0 radical (unpaired) electrons. The molecule has 0 atom stereocenters. The van der Waals surface area contributed by atoms with E-state index in [0.29, 0.717) is 5.41 Å². The minimum atomic E-state index is 0.226. The fourth-order valence-electron chi connectivity index (χ4n) is 2.38. The molecule has 0 unspecified atom stereocenters. The summed E-state index contributed by atoms with van der Waals surface area (Å²) in [7, 11) is 0. The molecule has 0 aromatic rings. The van der Waals surface area contributed by atoms with E-state index in [-0.39, 0.29) is 5.54 Å². The van der Waals surface area contributed by atoms with Crippen molar-refractivity contribution < 1.29 is 0 Å². The Hall–Kier alpha value is -0.0800. The lowest BCUT2D eigenvalue weighted by atomic mass is 9.91. The van der Waals surface area contributed by atoms with Crippen molar-refractivity contribution in [3.8, 4) is 0 Å². The molecule has 0 aliphatic heterocycles. The van der Waals surface area contributed by atoms with E-state index in [1.54, 1.807) is 0 Å². The third-order valence-electron chi connectivity index (χ3n) is 3.50. The van der Waals surface area contributed by atoms with Gasteiger partial charge in [0.15, 0.2) is 0 Å². The van der Waals surface area contributed by atoms with E-state index >= 15 is 0 Å². The van der Waals surface area contributed by atoms with Crippen molar-refractivity contribution in [3.63, 3.8) is 0 Å². The summed E-state index contributed by atoms with van der Waals surface area (Å²) >= 11 is 0. The van der Waals surface area contributed by atoms with Gasteiger partial charge in [0.05, 0.1) is 0 Å². The van der Waals surface area contributed by atoms with Crippen LogP contribution in [0.3, 0.4) is 0 Å². The lowest BCUT2D eigenvalue weighted by Gasteiger charge is -2.35. The van der Waals surface area contributed by atoms with Crippen molar-refractivity contribution in [2.24, 2.45) is 11.3 Å². The Kier molecular flexibility index (Phi) is 5.67. The van der Waals surface area contributed by atoms with E-state index in [1.165, 1.54) is 38.9 Å². The van der Waals surface area contributed by atoms with Gasteiger partial charge in [-0.15, -0.1) is 0 Å². The van der Waals surface area contributed by atoms with Crippen LogP contribution in [-0.4, -0.2) is 36.6 Å². The van der Waals surface area contributed by atoms with Gasteiger partial charge in [-0.25, -0.2) is 0 Å². The highest BCUT2D eigenvalue weighted by atomic mass is 15.1. The third-order valence-corrected chi connectivity index (χ3v) is 3.50. The van der Waals surface area contributed by atoms with Gasteiger partial charge < -0.3 is 10.2 Å². The third kappa shape index (κ3) is 7.38. The molecule has 0 amide bonds. The van der Waals surface area contributed by atoms with E-state index in [2.05, 4.69) is 51.8 Å². The maximum atomic E-state index is 3.65. The first-order valence-corrected chi connectivity index (χ1v) is 7.69. The number of hydrogen-bond donors (Lipinski definition) is 1. The molecule has 18 heavy (non-hydrogen) atoms. The van der Waals surface area contributed by atoms with Gasteiger partial charge in [-0.1, -0.05) is 20.8 Å². The van der Waals surface area contributed by atoms with Crippen molar-refractivity contribution in [1.29, 1.82) is 0 Å². The summed E-state index contributed by atoms with van der Waals surface area (Å²) in [6.45, 7) is 18.7. The molecule has 1 fully saturated rings. The number of hydrogen-bond acceptors (Lipinski definition) is 2. The summed E-state index contributed by atoms with van der Waals surface area (Å²) in [6.07, 6.45) is 4.19. The van der Waals surface area contributed by atoms with E-state index in [4.69, 9.17) is 0 Å². The second kappa shape index (κ2) is 6.38. The lowest BCUT2D eigenvalue weighted by Crippen LogP contribution is -2.46. The highest BCUT2D eigenvalue weighted by molar-refractivity contribution is 4.83. The van der Waals surface area contributed by atoms with Gasteiger partial charge in [0.1, 0.15) is 0 Å². The topological polar surface area (TPSA) is 15.3 Å². The highest BCUT2D eigenvalue weighted by Gasteiger charge is 2.28. The maximum absolute atomic E-state index is 3.65. The monoisotopic (exact) mass is 254 g/mol. The second-order valence-electron chi connectivity index (χ2n) is 7.95. The van der Waals surface area contributed by atoms with Crippen molar-refractivity contribution in [2.45, 2.75) is 66.3 Å². The quantitative estimate of drug-likeness (QED) is 0.713. The summed E-state index contributed by atoms with van der Waals surface area (Å²) in [4.78, 5) is 2.68. The van der Waals surface area contributed by atoms with E-state index < -0.39 is 0 Å². The molecule has 0 heterocycles. The molecule has 108 valence electrons. The van der Waals surface area contributed by atoms with Gasteiger partial charge >= 0.3 is 0 Å². The van der Waals surface area contributed by atoms with Crippen molar-refractivity contribution in [2.75, 3.05) is 26.2 Å². The van der Waals surface area contributed by atoms with Crippen LogP contribution in [0.15, 0.2) is 0 Å². The molecule has 0 saturated heterocycles. The van der Waals surface area contributed by atoms with Crippen LogP contribution in [-0.2, 0) is 0 Å². The van der Waals surface area contributed by atoms with Gasteiger partial charge in [0.2, 0.25) is 0 Å². The molecular weight excluding hydrogens is 220 g/mol. The molecule has 0 aromatic carbocycles. The Bertz CT molecular complexity index is 236. The lowest BCUT2D eigenvalue weighted by molar-refractivity contribution is 0.160. The first-order valence-electron chi connectivity index (χ1n) is 7.69. The smallest absolute Gasteiger partial charge is 0.00967 e. The number of nitrogens with zero attached hydrogens (tertiary/aromatic N) is 1. The Morgan fingerprint density at radius 1 is 1.11 bits per heavy atom. The zero-order valence-electron chi connectivity index (χ0n) is 13.5. The molecule has 1 N–H and O–H groups in total. The van der Waals surface area contributed by atoms with Crippen molar-refractivity contribution >= 4 is 0 Å². The van der Waals surface area contributed by atoms with E-state index in [9.17, 15) is 0 Å². The van der Waals surface area contributed by atoms with Gasteiger partial charge in [0, 0.05) is 25.2 Å². The summed E-state index contributed by atoms with van der Waals surface area (Å²) in [5.74, 6) is 1.00. The van der Waals surface area contributed by atoms with Crippen LogP contribution in [0.25, 0.3) is 0 Å². The van der Waals surface area contributed by atoms with Crippen LogP contribution in [0.5, 0.6) is 0 Å². The Labute approximate surface area is 115 Å². The minimum absolute atomic E-state index is 0.226. The van der Waals surface area contributed by atoms with E-state index in [0.717, 1.165) is 12.5 Å². The van der Waals surface area contributed by atoms with Crippen LogP contribution in [0.1, 0.15) is 60.8 Å². The predicted octanol–water partition coefficient (Wildman–Crippen LogP) is 3.52. The van der Waals surface area contributed by atoms with Crippen LogP contribution >= 0.6 is 0 Å². The van der Waals surface area contributed by atoms with Crippen LogP contribution in [0.2, 0.25) is 0 Å². The number of rotatable bonds is 8. The molecule has 0 spiro atoms. The first-order chi connectivity index (χ1) is 8.22. The molecule has 0 aromatic heterocycles. The van der Waals surface area contributed by atoms with Crippen LogP contribution in [0, 0.1) is 11.3 Å². The summed E-state index contributed by atoms with van der Waals surface area (Å²) in [6, 6.07) is 0. The zero-order chi connectivity index (χ0) is 13.8. The number of nitrogens with one attached hydrogen (secondary N) is 1. The highest BCUT2D eigenvalue weighted by Crippen LogP contribution is 2.30. The average Bonchev–Trinajstić information content (AvgIpc) is 2.98. The molecule has 1 aliphatic carbocycles. The standard InChI is InChI=1S/C16H34N2/c1-7-10-18(11-14-8-9-14)13-16(5,6)12-17-15(2,3)4/h14,17H,7-13H2,1-6H3. The Morgan fingerprint density at radius 3 is 2.17 bits per heavy atom. The summed E-state index contributed by atoms with van der Waals surface area (Å²) < 4.78 is 0. The van der Waals surface area contributed by atoms with E-state index in [1.807, 2.05) is 0 Å². The summed E-state index contributed by atoms with van der Waals surface area (Å²) in [5, 5.41) is 3.65. The molecule has 1 saturated carbocycles. The Balaban J connectivity index is 2.38. The minimum Gasteiger partial charge on any atom is -0.311 e. The Morgan fingerprint density at radius 2 is 1.72 bits per heavy atom. The maximum Gasteiger partial charge on any atom is 0.00967 e. The summed E-state index contributed by atoms with van der Waals surface area (Å²) in [5.41, 5.74) is 0.584. The molecule has 0 bridgehead atoms. The van der Waals surface area contributed by atoms with Crippen molar-refractivity contribution in [3.05, 3.63) is 0 Å². The second-order valence-corrected chi connectivity index (χ2v) is 7.95. The fourth-order valence-corrected chi connectivity index (χ4v) is 2.38. The average molecular weight is 254 g/mol. The fraction of sp³-hybridized carbons (Fsp3) is 1.00. The normalized spacial score (nSPS) is 17.5. The van der Waals surface area contributed by atoms with Gasteiger partial charge in [-0.2, -0.15) is 0 Å². The molecule has 1 rings (SSSR count). The largest absolute Gasteiger partial charge is 0.311 e. The van der Waals surface area contributed by atoms with Crippen LogP contribution in [0.4, 0.5) is 0 Å². The van der Waals surface area contributed by atoms with Crippen molar-refractivity contribution in [1.82, 2.24) is 10.2 Å². The zero-order valence-corrected chi connectivity index (χ0v) is 13.5. The SMILES string of the molecule is CCCN(CC1CC1)CC(C)(C)CNC(C)(C)C.